The van der Waals surface area contributed by atoms with Crippen LogP contribution in [0.4, 0.5) is 11.4 Å². The van der Waals surface area contributed by atoms with Crippen molar-refractivity contribution in [2.24, 2.45) is 0 Å². The number of nitrogens with one attached hydrogen (secondary N) is 2. The van der Waals surface area contributed by atoms with Gasteiger partial charge >= 0.3 is 5.69 Å². The van der Waals surface area contributed by atoms with E-state index in [4.69, 9.17) is 5.11 Å². The Morgan fingerprint density at radius 1 is 1.56 bits per heavy atom. The highest BCUT2D eigenvalue weighted by molar-refractivity contribution is 9.10. The van der Waals surface area contributed by atoms with Crippen molar-refractivity contribution < 1.29 is 10.0 Å². The van der Waals surface area contributed by atoms with Crippen LogP contribution in [0.3, 0.4) is 0 Å². The highest BCUT2D eigenvalue weighted by atomic mass is 79.9. The SMILES string of the molecule is CC(O)CNCCNc1c(Br)cncc1[N+](=O)[O-]. The van der Waals surface area contributed by atoms with E-state index < -0.39 is 11.0 Å². The summed E-state index contributed by atoms with van der Waals surface area (Å²) >= 11 is 3.22. The van der Waals surface area contributed by atoms with E-state index in [1.807, 2.05) is 0 Å². The van der Waals surface area contributed by atoms with Crippen molar-refractivity contribution in [1.29, 1.82) is 0 Å². The molecule has 1 aromatic heterocycles. The Labute approximate surface area is 113 Å². The minimum atomic E-state index is -0.483. The third kappa shape index (κ3) is 4.55. The zero-order valence-electron chi connectivity index (χ0n) is 9.89. The predicted molar refractivity (Wildman–Crippen MR) is 71.6 cm³/mol. The number of halogens is 1. The van der Waals surface area contributed by atoms with Crippen LogP contribution in [0.5, 0.6) is 0 Å². The maximum absolute atomic E-state index is 10.8. The van der Waals surface area contributed by atoms with Crippen molar-refractivity contribution >= 4 is 27.3 Å². The smallest absolute Gasteiger partial charge is 0.311 e. The molecule has 0 fully saturated rings. The lowest BCUT2D eigenvalue weighted by Gasteiger charge is -2.10. The van der Waals surface area contributed by atoms with Crippen LogP contribution in [0, 0.1) is 10.1 Å². The maximum Gasteiger partial charge on any atom is 0.311 e. The van der Waals surface area contributed by atoms with Gasteiger partial charge in [-0.1, -0.05) is 0 Å². The number of aliphatic hydroxyl groups is 1. The van der Waals surface area contributed by atoms with Crippen molar-refractivity contribution in [3.63, 3.8) is 0 Å². The number of anilines is 1. The summed E-state index contributed by atoms with van der Waals surface area (Å²) in [5.74, 6) is 0. The highest BCUT2D eigenvalue weighted by Gasteiger charge is 2.16. The summed E-state index contributed by atoms with van der Waals surface area (Å²) in [5, 5.41) is 25.8. The number of aliphatic hydroxyl groups excluding tert-OH is 1. The average Bonchev–Trinajstić information content (AvgIpc) is 2.29. The lowest BCUT2D eigenvalue weighted by atomic mass is 10.3. The van der Waals surface area contributed by atoms with Crippen LogP contribution in [-0.4, -0.2) is 40.8 Å². The van der Waals surface area contributed by atoms with Crippen molar-refractivity contribution in [2.75, 3.05) is 25.0 Å². The van der Waals surface area contributed by atoms with E-state index in [0.717, 1.165) is 0 Å². The molecule has 100 valence electrons. The van der Waals surface area contributed by atoms with Crippen molar-refractivity contribution in [2.45, 2.75) is 13.0 Å². The first-order valence-corrected chi connectivity index (χ1v) is 6.22. The summed E-state index contributed by atoms with van der Waals surface area (Å²) in [6, 6.07) is 0. The molecule has 3 N–H and O–H groups in total. The van der Waals surface area contributed by atoms with E-state index in [1.165, 1.54) is 12.4 Å². The van der Waals surface area contributed by atoms with Gasteiger partial charge in [0.1, 0.15) is 11.9 Å². The van der Waals surface area contributed by atoms with Crippen LogP contribution < -0.4 is 10.6 Å². The second-order valence-corrected chi connectivity index (χ2v) is 4.61. The number of aromatic nitrogens is 1. The first-order chi connectivity index (χ1) is 8.52. The molecule has 1 rings (SSSR count). The van der Waals surface area contributed by atoms with E-state index in [2.05, 4.69) is 31.5 Å². The number of nitrogens with zero attached hydrogens (tertiary/aromatic N) is 2. The van der Waals surface area contributed by atoms with E-state index in [9.17, 15) is 10.1 Å². The monoisotopic (exact) mass is 318 g/mol. The van der Waals surface area contributed by atoms with Crippen molar-refractivity contribution in [3.8, 4) is 0 Å². The molecular formula is C10H15BrN4O3. The van der Waals surface area contributed by atoms with Gasteiger partial charge in [-0.05, 0) is 22.9 Å². The van der Waals surface area contributed by atoms with E-state index in [-0.39, 0.29) is 5.69 Å². The van der Waals surface area contributed by atoms with Crippen LogP contribution in [0.25, 0.3) is 0 Å². The molecule has 1 heterocycles. The molecule has 0 bridgehead atoms. The molecule has 0 aliphatic rings. The summed E-state index contributed by atoms with van der Waals surface area (Å²) in [6.07, 6.45) is 2.29. The fourth-order valence-corrected chi connectivity index (χ4v) is 1.79. The van der Waals surface area contributed by atoms with Gasteiger partial charge in [-0.2, -0.15) is 0 Å². The van der Waals surface area contributed by atoms with E-state index in [1.54, 1.807) is 6.92 Å². The highest BCUT2D eigenvalue weighted by Crippen LogP contribution is 2.30. The van der Waals surface area contributed by atoms with Crippen LogP contribution in [0.1, 0.15) is 6.92 Å². The molecule has 7 nitrogen and oxygen atoms in total. The van der Waals surface area contributed by atoms with Gasteiger partial charge in [0.15, 0.2) is 0 Å². The number of pyridine rings is 1. The van der Waals surface area contributed by atoms with E-state index in [0.29, 0.717) is 29.8 Å². The van der Waals surface area contributed by atoms with Gasteiger partial charge in [0.05, 0.1) is 15.5 Å². The predicted octanol–water partition coefficient (Wildman–Crippen LogP) is 1.13. The molecule has 0 saturated heterocycles. The topological polar surface area (TPSA) is 100 Å². The third-order valence-electron chi connectivity index (χ3n) is 2.12. The molecule has 18 heavy (non-hydrogen) atoms. The minimum absolute atomic E-state index is 0.0695. The average molecular weight is 319 g/mol. The second kappa shape index (κ2) is 7.24. The molecule has 0 amide bonds. The van der Waals surface area contributed by atoms with Gasteiger partial charge in [0.25, 0.3) is 0 Å². The zero-order chi connectivity index (χ0) is 13.5. The summed E-state index contributed by atoms with van der Waals surface area (Å²) in [4.78, 5) is 14.1. The Morgan fingerprint density at radius 2 is 2.28 bits per heavy atom. The largest absolute Gasteiger partial charge is 0.392 e. The molecule has 0 aromatic carbocycles. The van der Waals surface area contributed by atoms with Crippen molar-refractivity contribution in [1.82, 2.24) is 10.3 Å². The molecular weight excluding hydrogens is 304 g/mol. The van der Waals surface area contributed by atoms with Crippen molar-refractivity contribution in [3.05, 3.63) is 27.0 Å². The third-order valence-corrected chi connectivity index (χ3v) is 2.72. The molecule has 1 aromatic rings. The van der Waals surface area contributed by atoms with Crippen LogP contribution in [0.15, 0.2) is 16.9 Å². The zero-order valence-corrected chi connectivity index (χ0v) is 11.5. The number of rotatable bonds is 7. The standard InChI is InChI=1S/C10H15BrN4O3/c1-7(16)4-12-2-3-14-10-8(11)5-13-6-9(10)15(17)18/h5-7,12,16H,2-4H2,1H3,(H,13,14). The molecule has 8 heteroatoms. The summed E-state index contributed by atoms with van der Waals surface area (Å²) < 4.78 is 0.548. The Balaban J connectivity index is 2.53. The van der Waals surface area contributed by atoms with Crippen LogP contribution >= 0.6 is 15.9 Å². The molecule has 0 spiro atoms. The molecule has 1 unspecified atom stereocenters. The lowest BCUT2D eigenvalue weighted by molar-refractivity contribution is -0.384. The Kier molecular flexibility index (Phi) is 5.96. The van der Waals surface area contributed by atoms with E-state index >= 15 is 0 Å². The molecule has 0 aliphatic carbocycles. The first-order valence-electron chi connectivity index (χ1n) is 5.43. The van der Waals surface area contributed by atoms with Gasteiger partial charge in [0.2, 0.25) is 0 Å². The molecule has 0 aliphatic heterocycles. The first kappa shape index (κ1) is 14.8. The molecule has 0 radical (unpaired) electrons. The quantitative estimate of drug-likeness (QED) is 0.396. The van der Waals surface area contributed by atoms with Crippen LogP contribution in [0.2, 0.25) is 0 Å². The molecule has 1 atom stereocenters. The van der Waals surface area contributed by atoms with Crippen LogP contribution in [-0.2, 0) is 0 Å². The Hall–Kier alpha value is -1.25. The fraction of sp³-hybridized carbons (Fsp3) is 0.500. The summed E-state index contributed by atoms with van der Waals surface area (Å²) in [7, 11) is 0. The summed E-state index contributed by atoms with van der Waals surface area (Å²) in [5.41, 5.74) is 0.341. The summed E-state index contributed by atoms with van der Waals surface area (Å²) in [6.45, 7) is 3.28. The number of hydrogen-bond acceptors (Lipinski definition) is 6. The molecule has 0 saturated carbocycles. The minimum Gasteiger partial charge on any atom is -0.392 e. The number of hydrogen-bond donors (Lipinski definition) is 3. The Morgan fingerprint density at radius 3 is 2.89 bits per heavy atom. The van der Waals surface area contributed by atoms with Gasteiger partial charge < -0.3 is 15.7 Å². The normalized spacial score (nSPS) is 12.2. The van der Waals surface area contributed by atoms with Gasteiger partial charge in [-0.15, -0.1) is 0 Å². The fourth-order valence-electron chi connectivity index (χ4n) is 1.33. The maximum atomic E-state index is 10.8. The Bertz CT molecular complexity index is 414. The van der Waals surface area contributed by atoms with Gasteiger partial charge in [-0.25, -0.2) is 0 Å². The van der Waals surface area contributed by atoms with Gasteiger partial charge in [-0.3, -0.25) is 15.1 Å². The number of nitro groups is 1. The lowest BCUT2D eigenvalue weighted by Crippen LogP contribution is -2.29. The second-order valence-electron chi connectivity index (χ2n) is 3.75. The van der Waals surface area contributed by atoms with Gasteiger partial charge in [0, 0.05) is 25.8 Å².